The van der Waals surface area contributed by atoms with Crippen LogP contribution in [0.15, 0.2) is 6.07 Å². The molecule has 14 heavy (non-hydrogen) atoms. The Bertz CT molecular complexity index is 329. The van der Waals surface area contributed by atoms with Crippen molar-refractivity contribution in [2.75, 3.05) is 5.73 Å². The molecule has 0 atom stereocenters. The van der Waals surface area contributed by atoms with Gasteiger partial charge in [0.1, 0.15) is 5.82 Å². The van der Waals surface area contributed by atoms with E-state index >= 15 is 0 Å². The van der Waals surface area contributed by atoms with Crippen LogP contribution in [0.5, 0.6) is 0 Å². The summed E-state index contributed by atoms with van der Waals surface area (Å²) in [7, 11) is 0. The average Bonchev–Trinajstić information content (AvgIpc) is 2.30. The fraction of sp³-hybridized carbons (Fsp3) is 0.556. The highest BCUT2D eigenvalue weighted by atomic mass is 16.1. The highest BCUT2D eigenvalue weighted by Crippen LogP contribution is 2.25. The maximum Gasteiger partial charge on any atom is 0.217 e. The Morgan fingerprint density at radius 1 is 1.64 bits per heavy atom. The molecule has 0 saturated carbocycles. The van der Waals surface area contributed by atoms with Gasteiger partial charge in [-0.1, -0.05) is 13.8 Å². The van der Waals surface area contributed by atoms with Gasteiger partial charge in [0, 0.05) is 12.5 Å². The summed E-state index contributed by atoms with van der Waals surface area (Å²) in [6, 6.07) is 1.77. The van der Waals surface area contributed by atoms with Gasteiger partial charge in [-0.25, -0.2) is 0 Å². The lowest BCUT2D eigenvalue weighted by atomic mass is 9.84. The van der Waals surface area contributed by atoms with Crippen molar-refractivity contribution in [3.63, 3.8) is 0 Å². The Morgan fingerprint density at radius 2 is 2.29 bits per heavy atom. The third-order valence-electron chi connectivity index (χ3n) is 1.96. The molecule has 1 aromatic heterocycles. The molecular formula is C9H16N4O. The summed E-state index contributed by atoms with van der Waals surface area (Å²) >= 11 is 0. The third-order valence-corrected chi connectivity index (χ3v) is 1.96. The van der Waals surface area contributed by atoms with E-state index in [0.29, 0.717) is 18.7 Å². The largest absolute Gasteiger partial charge is 0.384 e. The molecule has 0 bridgehead atoms. The van der Waals surface area contributed by atoms with E-state index in [2.05, 4.69) is 10.2 Å². The summed E-state index contributed by atoms with van der Waals surface area (Å²) < 4.78 is 0. The molecule has 1 heterocycles. The Labute approximate surface area is 82.9 Å². The number of primary amides is 1. The highest BCUT2D eigenvalue weighted by molar-refractivity contribution is 5.74. The number of aromatic nitrogens is 2. The van der Waals surface area contributed by atoms with E-state index in [0.717, 1.165) is 5.69 Å². The second-order valence-electron chi connectivity index (χ2n) is 4.30. The number of nitrogen functional groups attached to an aromatic ring is 1. The molecule has 5 N–H and O–H groups in total. The van der Waals surface area contributed by atoms with Crippen LogP contribution in [0.25, 0.3) is 0 Å². The van der Waals surface area contributed by atoms with Crippen molar-refractivity contribution >= 4 is 11.7 Å². The smallest absolute Gasteiger partial charge is 0.217 e. The van der Waals surface area contributed by atoms with E-state index in [1.165, 1.54) is 0 Å². The highest BCUT2D eigenvalue weighted by Gasteiger charge is 2.22. The molecule has 0 unspecified atom stereocenters. The Morgan fingerprint density at radius 3 is 2.71 bits per heavy atom. The van der Waals surface area contributed by atoms with Gasteiger partial charge in [0.2, 0.25) is 5.91 Å². The number of nitrogens with two attached hydrogens (primary N) is 2. The van der Waals surface area contributed by atoms with Gasteiger partial charge in [-0.3, -0.25) is 9.89 Å². The number of hydrogen-bond acceptors (Lipinski definition) is 3. The lowest BCUT2D eigenvalue weighted by molar-refractivity contribution is -0.119. The topological polar surface area (TPSA) is 97.8 Å². The number of nitrogens with zero attached hydrogens (tertiary/aromatic N) is 1. The molecule has 0 aliphatic rings. The second kappa shape index (κ2) is 3.69. The maximum absolute atomic E-state index is 10.8. The second-order valence-corrected chi connectivity index (χ2v) is 4.30. The molecule has 0 saturated heterocycles. The summed E-state index contributed by atoms with van der Waals surface area (Å²) in [6.07, 6.45) is 1.03. The first-order chi connectivity index (χ1) is 6.39. The van der Waals surface area contributed by atoms with Crippen LogP contribution in [0, 0.1) is 5.41 Å². The van der Waals surface area contributed by atoms with Crippen LogP contribution in [0.4, 0.5) is 5.82 Å². The molecule has 5 heteroatoms. The molecule has 5 nitrogen and oxygen atoms in total. The zero-order valence-corrected chi connectivity index (χ0v) is 8.50. The van der Waals surface area contributed by atoms with Gasteiger partial charge >= 0.3 is 0 Å². The quantitative estimate of drug-likeness (QED) is 0.651. The summed E-state index contributed by atoms with van der Waals surface area (Å²) in [6.45, 7) is 3.95. The van der Waals surface area contributed by atoms with Crippen molar-refractivity contribution in [1.82, 2.24) is 10.2 Å². The number of anilines is 1. The Balaban J connectivity index is 2.63. The van der Waals surface area contributed by atoms with E-state index in [-0.39, 0.29) is 11.3 Å². The fourth-order valence-corrected chi connectivity index (χ4v) is 1.50. The maximum atomic E-state index is 10.8. The average molecular weight is 196 g/mol. The van der Waals surface area contributed by atoms with Gasteiger partial charge in [0.15, 0.2) is 0 Å². The number of H-pyrrole nitrogens is 1. The zero-order chi connectivity index (χ0) is 10.8. The first kappa shape index (κ1) is 10.6. The van der Waals surface area contributed by atoms with Gasteiger partial charge < -0.3 is 11.5 Å². The molecule has 1 rings (SSSR count). The van der Waals surface area contributed by atoms with Crippen molar-refractivity contribution in [3.05, 3.63) is 11.8 Å². The van der Waals surface area contributed by atoms with Crippen LogP contribution in [0.2, 0.25) is 0 Å². The normalized spacial score (nSPS) is 11.6. The summed E-state index contributed by atoms with van der Waals surface area (Å²) in [5, 5.41) is 6.66. The summed E-state index contributed by atoms with van der Waals surface area (Å²) in [4.78, 5) is 10.8. The predicted molar refractivity (Wildman–Crippen MR) is 54.3 cm³/mol. The summed E-state index contributed by atoms with van der Waals surface area (Å²) in [5.41, 5.74) is 11.3. The number of nitrogens with one attached hydrogen (secondary N) is 1. The molecule has 1 amide bonds. The Hall–Kier alpha value is -1.52. The van der Waals surface area contributed by atoms with Crippen LogP contribution >= 0.6 is 0 Å². The molecule has 1 aromatic rings. The first-order valence-electron chi connectivity index (χ1n) is 4.47. The number of carbonyl (C=O) groups excluding carboxylic acids is 1. The predicted octanol–water partition coefficient (Wildman–Crippen LogP) is 0.436. The standard InChI is InChI=1S/C9H16N4O/c1-9(2,5-8(11)14)4-6-3-7(10)13-12-6/h3H,4-5H2,1-2H3,(H2,11,14)(H3,10,12,13). The SMILES string of the molecule is CC(C)(CC(N)=O)Cc1cc(N)[nH]n1. The van der Waals surface area contributed by atoms with Crippen LogP contribution < -0.4 is 11.5 Å². The minimum absolute atomic E-state index is 0.173. The number of hydrogen-bond donors (Lipinski definition) is 3. The van der Waals surface area contributed by atoms with E-state index in [1.54, 1.807) is 6.07 Å². The third kappa shape index (κ3) is 3.08. The monoisotopic (exact) mass is 196 g/mol. The minimum atomic E-state index is -0.293. The van der Waals surface area contributed by atoms with Crippen molar-refractivity contribution in [3.8, 4) is 0 Å². The van der Waals surface area contributed by atoms with Crippen LogP contribution in [-0.2, 0) is 11.2 Å². The number of carbonyl (C=O) groups is 1. The van der Waals surface area contributed by atoms with Gasteiger partial charge in [0.25, 0.3) is 0 Å². The van der Waals surface area contributed by atoms with Crippen molar-refractivity contribution < 1.29 is 4.79 Å². The zero-order valence-electron chi connectivity index (χ0n) is 8.50. The van der Waals surface area contributed by atoms with Crippen LogP contribution in [-0.4, -0.2) is 16.1 Å². The van der Waals surface area contributed by atoms with Gasteiger partial charge in [-0.2, -0.15) is 5.10 Å². The summed E-state index contributed by atoms with van der Waals surface area (Å²) in [5.74, 6) is 0.244. The van der Waals surface area contributed by atoms with Crippen molar-refractivity contribution in [1.29, 1.82) is 0 Å². The van der Waals surface area contributed by atoms with Crippen molar-refractivity contribution in [2.24, 2.45) is 11.1 Å². The van der Waals surface area contributed by atoms with E-state index < -0.39 is 0 Å². The minimum Gasteiger partial charge on any atom is -0.384 e. The number of amides is 1. The fourth-order valence-electron chi connectivity index (χ4n) is 1.50. The molecule has 0 fully saturated rings. The van der Waals surface area contributed by atoms with Gasteiger partial charge in [-0.15, -0.1) is 0 Å². The van der Waals surface area contributed by atoms with E-state index in [9.17, 15) is 4.79 Å². The van der Waals surface area contributed by atoms with Gasteiger partial charge in [-0.05, 0) is 11.8 Å². The van der Waals surface area contributed by atoms with E-state index in [1.807, 2.05) is 13.8 Å². The first-order valence-corrected chi connectivity index (χ1v) is 4.47. The molecule has 0 spiro atoms. The van der Waals surface area contributed by atoms with Crippen LogP contribution in [0.1, 0.15) is 26.0 Å². The molecule has 0 aliphatic carbocycles. The van der Waals surface area contributed by atoms with Crippen molar-refractivity contribution in [2.45, 2.75) is 26.7 Å². The van der Waals surface area contributed by atoms with Crippen LogP contribution in [0.3, 0.4) is 0 Å². The number of aromatic amines is 1. The molecular weight excluding hydrogens is 180 g/mol. The molecule has 0 aliphatic heterocycles. The molecule has 0 aromatic carbocycles. The van der Waals surface area contributed by atoms with E-state index in [4.69, 9.17) is 11.5 Å². The Kier molecular flexibility index (Phi) is 2.78. The molecule has 0 radical (unpaired) electrons. The number of rotatable bonds is 4. The lowest BCUT2D eigenvalue weighted by Crippen LogP contribution is -2.24. The lowest BCUT2D eigenvalue weighted by Gasteiger charge is -2.21. The van der Waals surface area contributed by atoms with Gasteiger partial charge in [0.05, 0.1) is 5.69 Å². The molecule has 78 valence electrons.